The van der Waals surface area contributed by atoms with Crippen LogP contribution in [0.1, 0.15) is 12.5 Å². The van der Waals surface area contributed by atoms with Crippen molar-refractivity contribution in [2.45, 2.75) is 13.8 Å². The highest BCUT2D eigenvalue weighted by molar-refractivity contribution is 5.66. The maximum atomic E-state index is 5.86. The Kier molecular flexibility index (Phi) is 3.78. The van der Waals surface area contributed by atoms with E-state index in [4.69, 9.17) is 10.5 Å². The number of ether oxygens (including phenoxy) is 1. The van der Waals surface area contributed by atoms with Crippen LogP contribution in [0, 0.1) is 6.92 Å². The molecule has 0 saturated carbocycles. The molecule has 0 aliphatic heterocycles. The van der Waals surface area contributed by atoms with E-state index in [-0.39, 0.29) is 0 Å². The summed E-state index contributed by atoms with van der Waals surface area (Å²) in [7, 11) is 0. The maximum Gasteiger partial charge on any atom is 0.128 e. The zero-order valence-corrected chi connectivity index (χ0v) is 12.7. The fraction of sp³-hybridized carbons (Fsp3) is 0.176. The maximum absolute atomic E-state index is 5.86. The van der Waals surface area contributed by atoms with Crippen molar-refractivity contribution in [3.63, 3.8) is 0 Å². The molecule has 0 unspecified atom stereocenters. The van der Waals surface area contributed by atoms with Crippen LogP contribution < -0.4 is 10.5 Å². The van der Waals surface area contributed by atoms with Crippen molar-refractivity contribution in [1.29, 1.82) is 0 Å². The summed E-state index contributed by atoms with van der Waals surface area (Å²) in [6.45, 7) is 4.59. The molecule has 1 heterocycles. The lowest BCUT2D eigenvalue weighted by molar-refractivity contribution is 0.341. The summed E-state index contributed by atoms with van der Waals surface area (Å²) >= 11 is 0. The first-order valence-corrected chi connectivity index (χ1v) is 7.20. The number of anilines is 1. The molecule has 0 atom stereocenters. The van der Waals surface area contributed by atoms with Gasteiger partial charge in [0.1, 0.15) is 11.4 Å². The molecule has 2 aromatic carbocycles. The summed E-state index contributed by atoms with van der Waals surface area (Å²) < 4.78 is 7.39. The van der Waals surface area contributed by atoms with Crippen molar-refractivity contribution in [2.24, 2.45) is 0 Å². The lowest BCUT2D eigenvalue weighted by atomic mass is 10.1. The van der Waals surface area contributed by atoms with Crippen molar-refractivity contribution in [3.8, 4) is 22.7 Å². The molecule has 0 bridgehead atoms. The van der Waals surface area contributed by atoms with E-state index in [0.29, 0.717) is 12.3 Å². The van der Waals surface area contributed by atoms with Crippen LogP contribution in [0.15, 0.2) is 48.7 Å². The summed E-state index contributed by atoms with van der Waals surface area (Å²) in [5.74, 6) is 0.807. The molecule has 0 aliphatic rings. The molecule has 112 valence electrons. The van der Waals surface area contributed by atoms with E-state index in [9.17, 15) is 0 Å². The summed E-state index contributed by atoms with van der Waals surface area (Å²) in [5, 5.41) is 8.49. The molecule has 1 aromatic heterocycles. The van der Waals surface area contributed by atoms with Crippen LogP contribution >= 0.6 is 0 Å². The van der Waals surface area contributed by atoms with Crippen molar-refractivity contribution >= 4 is 5.69 Å². The highest BCUT2D eigenvalue weighted by Gasteiger charge is 2.11. The van der Waals surface area contributed by atoms with Gasteiger partial charge in [-0.15, -0.1) is 5.10 Å². The first kappa shape index (κ1) is 14.1. The Morgan fingerprint density at radius 1 is 1.18 bits per heavy atom. The molecule has 0 fully saturated rings. The highest BCUT2D eigenvalue weighted by Crippen LogP contribution is 2.29. The van der Waals surface area contributed by atoms with Crippen molar-refractivity contribution in [3.05, 3.63) is 54.2 Å². The van der Waals surface area contributed by atoms with E-state index in [1.54, 1.807) is 4.68 Å². The van der Waals surface area contributed by atoms with Gasteiger partial charge in [0, 0.05) is 11.3 Å². The molecule has 5 heteroatoms. The second-order valence-electron chi connectivity index (χ2n) is 5.02. The topological polar surface area (TPSA) is 66.0 Å². The number of nitrogens with zero attached hydrogens (tertiary/aromatic N) is 3. The second kappa shape index (κ2) is 5.89. The van der Waals surface area contributed by atoms with Gasteiger partial charge in [0.2, 0.25) is 0 Å². The van der Waals surface area contributed by atoms with Crippen LogP contribution in [0.3, 0.4) is 0 Å². The lowest BCUT2D eigenvalue weighted by Crippen LogP contribution is -1.99. The number of rotatable bonds is 4. The summed E-state index contributed by atoms with van der Waals surface area (Å²) in [6, 6.07) is 13.6. The average molecular weight is 294 g/mol. The Labute approximate surface area is 129 Å². The zero-order valence-electron chi connectivity index (χ0n) is 12.7. The molecule has 2 N–H and O–H groups in total. The number of hydrogen-bond acceptors (Lipinski definition) is 4. The van der Waals surface area contributed by atoms with Crippen LogP contribution in [-0.4, -0.2) is 21.6 Å². The fourth-order valence-corrected chi connectivity index (χ4v) is 2.34. The summed E-state index contributed by atoms with van der Waals surface area (Å²) in [4.78, 5) is 0. The Morgan fingerprint density at radius 3 is 2.82 bits per heavy atom. The zero-order chi connectivity index (χ0) is 15.5. The number of benzene rings is 2. The third-order valence-electron chi connectivity index (χ3n) is 3.44. The van der Waals surface area contributed by atoms with E-state index in [1.807, 2.05) is 62.5 Å². The van der Waals surface area contributed by atoms with Gasteiger partial charge in [-0.3, -0.25) is 0 Å². The first-order chi connectivity index (χ1) is 10.7. The number of aromatic nitrogens is 3. The van der Waals surface area contributed by atoms with Gasteiger partial charge >= 0.3 is 0 Å². The highest BCUT2D eigenvalue weighted by atomic mass is 16.5. The quantitative estimate of drug-likeness (QED) is 0.750. The van der Waals surface area contributed by atoms with Crippen LogP contribution in [0.25, 0.3) is 16.9 Å². The molecule has 0 saturated heterocycles. The number of para-hydroxylation sites is 1. The minimum Gasteiger partial charge on any atom is -0.493 e. The van der Waals surface area contributed by atoms with Crippen molar-refractivity contribution in [1.82, 2.24) is 15.0 Å². The number of nitrogen functional groups attached to an aromatic ring is 1. The molecule has 22 heavy (non-hydrogen) atoms. The van der Waals surface area contributed by atoms with Gasteiger partial charge in [0.05, 0.1) is 18.5 Å². The van der Waals surface area contributed by atoms with E-state index < -0.39 is 0 Å². The molecule has 5 nitrogen and oxygen atoms in total. The minimum atomic E-state index is 0.611. The number of nitrogens with two attached hydrogens (primary N) is 1. The van der Waals surface area contributed by atoms with Gasteiger partial charge in [-0.25, -0.2) is 4.68 Å². The molecular formula is C17H18N4O. The Balaban J connectivity index is 2.03. The lowest BCUT2D eigenvalue weighted by Gasteiger charge is -2.07. The standard InChI is InChI=1S/C17H18N4O/c1-3-22-17-7-5-4-6-14(17)15-11-21(20-19-15)16-10-13(18)9-8-12(16)2/h4-11H,3,18H2,1-2H3. The molecule has 3 aromatic rings. The Morgan fingerprint density at radius 2 is 2.00 bits per heavy atom. The third-order valence-corrected chi connectivity index (χ3v) is 3.44. The first-order valence-electron chi connectivity index (χ1n) is 7.20. The summed E-state index contributed by atoms with van der Waals surface area (Å²) in [6.07, 6.45) is 1.89. The minimum absolute atomic E-state index is 0.611. The second-order valence-corrected chi connectivity index (χ2v) is 5.02. The van der Waals surface area contributed by atoms with E-state index >= 15 is 0 Å². The van der Waals surface area contributed by atoms with Crippen LogP contribution in [0.5, 0.6) is 5.75 Å². The van der Waals surface area contributed by atoms with Gasteiger partial charge in [0.15, 0.2) is 0 Å². The molecule has 0 aliphatic carbocycles. The molecule has 0 radical (unpaired) electrons. The normalized spacial score (nSPS) is 10.6. The van der Waals surface area contributed by atoms with Gasteiger partial charge in [-0.1, -0.05) is 23.4 Å². The number of aryl methyl sites for hydroxylation is 1. The SMILES string of the molecule is CCOc1ccccc1-c1cn(-c2cc(N)ccc2C)nn1. The predicted molar refractivity (Wildman–Crippen MR) is 87.1 cm³/mol. The van der Waals surface area contributed by atoms with Crippen molar-refractivity contribution < 1.29 is 4.74 Å². The van der Waals surface area contributed by atoms with Crippen LogP contribution in [0.2, 0.25) is 0 Å². The van der Waals surface area contributed by atoms with E-state index in [0.717, 1.165) is 28.3 Å². The monoisotopic (exact) mass is 294 g/mol. The van der Waals surface area contributed by atoms with Crippen LogP contribution in [-0.2, 0) is 0 Å². The van der Waals surface area contributed by atoms with Crippen molar-refractivity contribution in [2.75, 3.05) is 12.3 Å². The molecule has 3 rings (SSSR count). The fourth-order valence-electron chi connectivity index (χ4n) is 2.34. The Hall–Kier alpha value is -2.82. The van der Waals surface area contributed by atoms with E-state index in [1.165, 1.54) is 0 Å². The molecule has 0 spiro atoms. The Bertz CT molecular complexity index is 795. The molecule has 0 amide bonds. The van der Waals surface area contributed by atoms with Crippen LogP contribution in [0.4, 0.5) is 5.69 Å². The third kappa shape index (κ3) is 2.65. The van der Waals surface area contributed by atoms with Gasteiger partial charge in [-0.2, -0.15) is 0 Å². The van der Waals surface area contributed by atoms with Gasteiger partial charge in [0.25, 0.3) is 0 Å². The summed E-state index contributed by atoms with van der Waals surface area (Å²) in [5.41, 5.74) is 10.3. The number of hydrogen-bond donors (Lipinski definition) is 1. The van der Waals surface area contributed by atoms with E-state index in [2.05, 4.69) is 10.3 Å². The largest absolute Gasteiger partial charge is 0.493 e. The van der Waals surface area contributed by atoms with Gasteiger partial charge < -0.3 is 10.5 Å². The van der Waals surface area contributed by atoms with Gasteiger partial charge in [-0.05, 0) is 43.7 Å². The average Bonchev–Trinajstić information content (AvgIpc) is 3.00. The molecular weight excluding hydrogens is 276 g/mol. The predicted octanol–water partition coefficient (Wildman–Crippen LogP) is 3.22. The smallest absolute Gasteiger partial charge is 0.128 e.